The van der Waals surface area contributed by atoms with Crippen molar-refractivity contribution in [1.82, 2.24) is 9.88 Å². The van der Waals surface area contributed by atoms with Crippen molar-refractivity contribution < 1.29 is 14.0 Å². The molecule has 1 N–H and O–H groups in total. The number of benzene rings is 3. The molecular formula is C27H24FN3O2S. The number of hydrogen-bond acceptors (Lipinski definition) is 3. The van der Waals surface area contributed by atoms with Gasteiger partial charge in [0, 0.05) is 22.2 Å². The van der Waals surface area contributed by atoms with Crippen LogP contribution in [0.3, 0.4) is 0 Å². The lowest BCUT2D eigenvalue weighted by molar-refractivity contribution is 0.0938. The maximum Gasteiger partial charge on any atom is 0.279 e. The fourth-order valence-electron chi connectivity index (χ4n) is 3.49. The Balaban J connectivity index is 1.47. The maximum absolute atomic E-state index is 13.1. The predicted octanol–water partition coefficient (Wildman–Crippen LogP) is 5.28. The predicted molar refractivity (Wildman–Crippen MR) is 131 cm³/mol. The Labute approximate surface area is 201 Å². The number of thiazole rings is 1. The van der Waals surface area contributed by atoms with Crippen molar-refractivity contribution in [2.24, 2.45) is 4.99 Å². The average molecular weight is 474 g/mol. The highest BCUT2D eigenvalue weighted by atomic mass is 32.1. The Morgan fingerprint density at radius 1 is 0.971 bits per heavy atom. The molecule has 0 bridgehead atoms. The van der Waals surface area contributed by atoms with E-state index in [0.717, 1.165) is 16.8 Å². The van der Waals surface area contributed by atoms with Gasteiger partial charge in [0.05, 0.1) is 12.6 Å². The highest BCUT2D eigenvalue weighted by Crippen LogP contribution is 2.14. The first-order valence-corrected chi connectivity index (χ1v) is 11.7. The van der Waals surface area contributed by atoms with Crippen LogP contribution in [0.4, 0.5) is 4.39 Å². The molecule has 0 saturated heterocycles. The summed E-state index contributed by atoms with van der Waals surface area (Å²) in [6.07, 6.45) is 0. The van der Waals surface area contributed by atoms with Crippen LogP contribution in [0.5, 0.6) is 0 Å². The average Bonchev–Trinajstić information content (AvgIpc) is 3.19. The molecule has 1 aromatic heterocycles. The van der Waals surface area contributed by atoms with Crippen LogP contribution in [-0.4, -0.2) is 16.4 Å². The second-order valence-corrected chi connectivity index (χ2v) is 8.81. The Morgan fingerprint density at radius 3 is 2.29 bits per heavy atom. The zero-order valence-electron chi connectivity index (χ0n) is 18.9. The quantitative estimate of drug-likeness (QED) is 0.414. The molecule has 1 heterocycles. The van der Waals surface area contributed by atoms with Crippen molar-refractivity contribution >= 4 is 23.2 Å². The van der Waals surface area contributed by atoms with Gasteiger partial charge in [-0.2, -0.15) is 4.99 Å². The van der Waals surface area contributed by atoms with Crippen molar-refractivity contribution in [2.45, 2.75) is 26.4 Å². The third-order valence-electron chi connectivity index (χ3n) is 5.48. The third kappa shape index (κ3) is 5.55. The fourth-order valence-corrected chi connectivity index (χ4v) is 4.36. The number of carbonyl (C=O) groups excluding carboxylic acids is 2. The Morgan fingerprint density at radius 2 is 1.62 bits per heavy atom. The first-order chi connectivity index (χ1) is 16.4. The number of nitrogens with one attached hydrogen (secondary N) is 1. The van der Waals surface area contributed by atoms with E-state index in [9.17, 15) is 14.0 Å². The Bertz CT molecular complexity index is 1360. The third-order valence-corrected chi connectivity index (χ3v) is 6.47. The molecule has 0 saturated carbocycles. The number of rotatable bonds is 6. The first kappa shape index (κ1) is 23.3. The van der Waals surface area contributed by atoms with Crippen LogP contribution in [0.1, 0.15) is 50.5 Å². The highest BCUT2D eigenvalue weighted by Gasteiger charge is 2.12. The molecule has 34 heavy (non-hydrogen) atoms. The van der Waals surface area contributed by atoms with Crippen molar-refractivity contribution in [2.75, 3.05) is 0 Å². The molecule has 3 aromatic carbocycles. The van der Waals surface area contributed by atoms with Gasteiger partial charge in [0.1, 0.15) is 5.82 Å². The highest BCUT2D eigenvalue weighted by molar-refractivity contribution is 7.07. The number of carbonyl (C=O) groups is 2. The first-order valence-electron chi connectivity index (χ1n) is 10.8. The summed E-state index contributed by atoms with van der Waals surface area (Å²) in [5, 5.41) is 4.95. The zero-order valence-corrected chi connectivity index (χ0v) is 19.7. The van der Waals surface area contributed by atoms with E-state index in [4.69, 9.17) is 0 Å². The van der Waals surface area contributed by atoms with Crippen LogP contribution in [0.15, 0.2) is 89.2 Å². The minimum atomic E-state index is -0.421. The van der Waals surface area contributed by atoms with Gasteiger partial charge in [-0.05, 0) is 61.4 Å². The molecule has 0 aliphatic rings. The van der Waals surface area contributed by atoms with Gasteiger partial charge >= 0.3 is 0 Å². The molecular weight excluding hydrogens is 449 g/mol. The minimum Gasteiger partial charge on any atom is -0.346 e. The molecule has 0 aliphatic carbocycles. The van der Waals surface area contributed by atoms with Gasteiger partial charge in [-0.25, -0.2) is 4.39 Å². The summed E-state index contributed by atoms with van der Waals surface area (Å²) in [6.45, 7) is 4.41. The number of halogens is 1. The van der Waals surface area contributed by atoms with E-state index in [2.05, 4.69) is 10.3 Å². The molecule has 172 valence electrons. The van der Waals surface area contributed by atoms with E-state index in [-0.39, 0.29) is 11.9 Å². The monoisotopic (exact) mass is 473 g/mol. The van der Waals surface area contributed by atoms with Gasteiger partial charge in [-0.3, -0.25) is 9.59 Å². The van der Waals surface area contributed by atoms with Gasteiger partial charge in [0.2, 0.25) is 0 Å². The number of aryl methyl sites for hydroxylation is 1. The molecule has 4 rings (SSSR count). The number of aromatic nitrogens is 1. The summed E-state index contributed by atoms with van der Waals surface area (Å²) in [5.74, 6) is -0.955. The largest absolute Gasteiger partial charge is 0.346 e. The summed E-state index contributed by atoms with van der Waals surface area (Å²) < 4.78 is 15.1. The lowest BCUT2D eigenvalue weighted by atomic mass is 10.1. The second kappa shape index (κ2) is 10.4. The van der Waals surface area contributed by atoms with Crippen LogP contribution >= 0.6 is 11.3 Å². The molecule has 0 aliphatic heterocycles. The maximum atomic E-state index is 13.1. The van der Waals surface area contributed by atoms with Crippen LogP contribution in [0, 0.1) is 12.7 Å². The smallest absolute Gasteiger partial charge is 0.279 e. The molecule has 0 fully saturated rings. The van der Waals surface area contributed by atoms with E-state index >= 15 is 0 Å². The van der Waals surface area contributed by atoms with E-state index in [1.807, 2.05) is 66.3 Å². The number of amides is 2. The molecule has 2 amide bonds. The molecule has 4 aromatic rings. The second-order valence-electron chi connectivity index (χ2n) is 7.97. The van der Waals surface area contributed by atoms with Crippen LogP contribution in [0.2, 0.25) is 0 Å². The zero-order chi connectivity index (χ0) is 24.1. The van der Waals surface area contributed by atoms with E-state index in [1.165, 1.54) is 35.6 Å². The van der Waals surface area contributed by atoms with Crippen LogP contribution < -0.4 is 10.1 Å². The lowest BCUT2D eigenvalue weighted by Crippen LogP contribution is -2.26. The van der Waals surface area contributed by atoms with E-state index in [1.54, 1.807) is 12.1 Å². The van der Waals surface area contributed by atoms with Crippen LogP contribution in [0.25, 0.3) is 0 Å². The summed E-state index contributed by atoms with van der Waals surface area (Å²) in [5.41, 5.74) is 3.90. The summed E-state index contributed by atoms with van der Waals surface area (Å²) >= 11 is 1.37. The molecule has 0 unspecified atom stereocenters. The fraction of sp³-hybridized carbons (Fsp3) is 0.148. The Hall–Kier alpha value is -3.84. The molecule has 7 heteroatoms. The number of hydrogen-bond donors (Lipinski definition) is 1. The van der Waals surface area contributed by atoms with Crippen molar-refractivity contribution in [3.05, 3.63) is 123 Å². The summed E-state index contributed by atoms with van der Waals surface area (Å²) in [6, 6.07) is 22.4. The SMILES string of the molecule is Cc1csc(=NC(=O)c2ccc(F)cc2)n1Cc1ccc(C(=O)N[C@@H](C)c2ccccc2)cc1. The van der Waals surface area contributed by atoms with Crippen molar-refractivity contribution in [3.63, 3.8) is 0 Å². The van der Waals surface area contributed by atoms with Crippen LogP contribution in [-0.2, 0) is 6.54 Å². The minimum absolute atomic E-state index is 0.0970. The molecule has 1 atom stereocenters. The van der Waals surface area contributed by atoms with Gasteiger partial charge in [0.15, 0.2) is 4.80 Å². The molecule has 0 spiro atoms. The van der Waals surface area contributed by atoms with E-state index in [0.29, 0.717) is 22.5 Å². The lowest BCUT2D eigenvalue weighted by Gasteiger charge is -2.14. The van der Waals surface area contributed by atoms with E-state index < -0.39 is 11.7 Å². The van der Waals surface area contributed by atoms with Gasteiger partial charge in [-0.15, -0.1) is 11.3 Å². The van der Waals surface area contributed by atoms with Crippen molar-refractivity contribution in [1.29, 1.82) is 0 Å². The molecule has 0 radical (unpaired) electrons. The normalized spacial score (nSPS) is 12.4. The number of nitrogens with zero attached hydrogens (tertiary/aromatic N) is 2. The van der Waals surface area contributed by atoms with Gasteiger partial charge in [0.25, 0.3) is 11.8 Å². The summed E-state index contributed by atoms with van der Waals surface area (Å²) in [4.78, 5) is 30.0. The van der Waals surface area contributed by atoms with Crippen molar-refractivity contribution in [3.8, 4) is 0 Å². The molecule has 5 nitrogen and oxygen atoms in total. The van der Waals surface area contributed by atoms with Gasteiger partial charge < -0.3 is 9.88 Å². The summed E-state index contributed by atoms with van der Waals surface area (Å²) in [7, 11) is 0. The standard InChI is InChI=1S/C27H24FN3O2S/c1-18-17-34-27(30-26(33)23-12-14-24(28)15-13-23)31(18)16-20-8-10-22(11-9-20)25(32)29-19(2)21-6-4-3-5-7-21/h3-15,17,19H,16H2,1-2H3,(H,29,32)/t19-/m0/s1. The topological polar surface area (TPSA) is 63.5 Å². The Kier molecular flexibility index (Phi) is 7.13. The van der Waals surface area contributed by atoms with Gasteiger partial charge in [-0.1, -0.05) is 42.5 Å².